The molecule has 1 heterocycles. The first-order valence-electron chi connectivity index (χ1n) is 11.9. The molecule has 5 rings (SSSR count). The lowest BCUT2D eigenvalue weighted by atomic mass is 10.1. The lowest BCUT2D eigenvalue weighted by Gasteiger charge is -2.14. The summed E-state index contributed by atoms with van der Waals surface area (Å²) >= 11 is 0. The molecule has 1 aromatic heterocycles. The van der Waals surface area contributed by atoms with Crippen LogP contribution in [0.1, 0.15) is 16.9 Å². The quantitative estimate of drug-likeness (QED) is 0.246. The molecule has 0 bridgehead atoms. The zero-order valence-corrected chi connectivity index (χ0v) is 20.9. The molecular formula is C30H22F3NO5. The lowest BCUT2D eigenvalue weighted by Crippen LogP contribution is -2.20. The second kappa shape index (κ2) is 10.2. The number of ether oxygens (including phenoxy) is 2. The molecule has 0 fully saturated rings. The van der Waals surface area contributed by atoms with E-state index in [2.05, 4.69) is 5.32 Å². The van der Waals surface area contributed by atoms with Crippen molar-refractivity contribution >= 4 is 33.3 Å². The number of anilines is 1. The number of carbonyl (C=O) groups is 1. The average molecular weight is 534 g/mol. The van der Waals surface area contributed by atoms with E-state index in [1.54, 1.807) is 30.3 Å². The smallest absolute Gasteiger partial charge is 0.453 e. The van der Waals surface area contributed by atoms with E-state index >= 15 is 0 Å². The van der Waals surface area contributed by atoms with Gasteiger partial charge >= 0.3 is 6.18 Å². The molecule has 0 aliphatic carbocycles. The van der Waals surface area contributed by atoms with Crippen molar-refractivity contribution in [3.63, 3.8) is 0 Å². The number of aryl methyl sites for hydroxylation is 2. The Hall–Kier alpha value is -4.79. The molecule has 0 saturated carbocycles. The fourth-order valence-corrected chi connectivity index (χ4v) is 4.16. The van der Waals surface area contributed by atoms with Crippen molar-refractivity contribution in [2.45, 2.75) is 20.0 Å². The van der Waals surface area contributed by atoms with Crippen LogP contribution in [0, 0.1) is 13.8 Å². The van der Waals surface area contributed by atoms with E-state index in [4.69, 9.17) is 13.9 Å². The highest BCUT2D eigenvalue weighted by atomic mass is 19.4. The molecule has 4 aromatic carbocycles. The Labute approximate surface area is 220 Å². The van der Waals surface area contributed by atoms with Gasteiger partial charge in [0, 0.05) is 11.8 Å². The molecule has 39 heavy (non-hydrogen) atoms. The molecule has 0 saturated heterocycles. The summed E-state index contributed by atoms with van der Waals surface area (Å²) in [4.78, 5) is 25.5. The van der Waals surface area contributed by atoms with Crippen LogP contribution in [0.25, 0.3) is 21.7 Å². The van der Waals surface area contributed by atoms with Crippen LogP contribution in [-0.4, -0.2) is 12.5 Å². The Kier molecular flexibility index (Phi) is 6.74. The third-order valence-corrected chi connectivity index (χ3v) is 6.05. The highest BCUT2D eigenvalue weighted by Crippen LogP contribution is 2.39. The van der Waals surface area contributed by atoms with Crippen molar-refractivity contribution < 1.29 is 31.9 Å². The predicted molar refractivity (Wildman–Crippen MR) is 142 cm³/mol. The van der Waals surface area contributed by atoms with Gasteiger partial charge in [0.25, 0.3) is 11.7 Å². The second-order valence-corrected chi connectivity index (χ2v) is 9.01. The fraction of sp³-hybridized carbons (Fsp3) is 0.133. The molecule has 1 N–H and O–H groups in total. The van der Waals surface area contributed by atoms with E-state index < -0.39 is 35.6 Å². The van der Waals surface area contributed by atoms with Crippen LogP contribution in [0.15, 0.2) is 88.1 Å². The minimum atomic E-state index is -5.01. The van der Waals surface area contributed by atoms with Gasteiger partial charge in [-0.15, -0.1) is 0 Å². The highest BCUT2D eigenvalue weighted by molar-refractivity contribution is 5.92. The number of rotatable bonds is 6. The second-order valence-electron chi connectivity index (χ2n) is 9.01. The van der Waals surface area contributed by atoms with Gasteiger partial charge in [-0.25, -0.2) is 0 Å². The summed E-state index contributed by atoms with van der Waals surface area (Å²) in [5.74, 6) is -2.89. The molecule has 1 amide bonds. The maximum atomic E-state index is 13.9. The highest BCUT2D eigenvalue weighted by Gasteiger charge is 2.40. The summed E-state index contributed by atoms with van der Waals surface area (Å²) in [5, 5.41) is 4.18. The van der Waals surface area contributed by atoms with Crippen molar-refractivity contribution in [1.82, 2.24) is 0 Å². The number of alkyl halides is 3. The molecule has 198 valence electrons. The van der Waals surface area contributed by atoms with Crippen LogP contribution in [0.3, 0.4) is 0 Å². The minimum Gasteiger partial charge on any atom is -0.484 e. The summed E-state index contributed by atoms with van der Waals surface area (Å²) in [6, 6.07) is 21.2. The van der Waals surface area contributed by atoms with Crippen LogP contribution >= 0.6 is 0 Å². The van der Waals surface area contributed by atoms with E-state index in [9.17, 15) is 22.8 Å². The van der Waals surface area contributed by atoms with E-state index in [1.807, 2.05) is 38.1 Å². The molecule has 0 aliphatic heterocycles. The van der Waals surface area contributed by atoms with Crippen LogP contribution in [-0.2, 0) is 11.0 Å². The van der Waals surface area contributed by atoms with Gasteiger partial charge in [0.05, 0.1) is 5.39 Å². The number of carbonyl (C=O) groups excluding carboxylic acids is 1. The topological polar surface area (TPSA) is 77.8 Å². The summed E-state index contributed by atoms with van der Waals surface area (Å²) in [6.45, 7) is 3.38. The monoisotopic (exact) mass is 533 g/mol. The summed E-state index contributed by atoms with van der Waals surface area (Å²) in [6.07, 6.45) is -5.01. The molecule has 0 unspecified atom stereocenters. The molecule has 5 aromatic rings. The van der Waals surface area contributed by atoms with Crippen molar-refractivity contribution in [3.05, 3.63) is 106 Å². The van der Waals surface area contributed by atoms with Crippen molar-refractivity contribution in [1.29, 1.82) is 0 Å². The first-order valence-corrected chi connectivity index (χ1v) is 11.9. The normalized spacial score (nSPS) is 11.5. The number of halogens is 3. The molecule has 6 nitrogen and oxygen atoms in total. The Bertz CT molecular complexity index is 1780. The predicted octanol–water partition coefficient (Wildman–Crippen LogP) is 7.39. The van der Waals surface area contributed by atoms with Gasteiger partial charge < -0.3 is 19.2 Å². The van der Waals surface area contributed by atoms with Crippen molar-refractivity contribution in [2.24, 2.45) is 0 Å². The zero-order valence-electron chi connectivity index (χ0n) is 20.9. The van der Waals surface area contributed by atoms with E-state index in [0.29, 0.717) is 5.69 Å². The van der Waals surface area contributed by atoms with E-state index in [0.717, 1.165) is 28.0 Å². The Balaban J connectivity index is 1.42. The van der Waals surface area contributed by atoms with Gasteiger partial charge in [0.15, 0.2) is 6.61 Å². The average Bonchev–Trinajstić information content (AvgIpc) is 2.90. The zero-order chi connectivity index (χ0) is 27.7. The number of nitrogens with one attached hydrogen (secondary N) is 1. The SMILES string of the molecule is Cc1ccc(NC(=O)COc2ccc3c(=O)c(Oc4ccc5ccccc5c4)c(C(F)(F)F)oc3c2)c(C)c1. The number of amides is 1. The molecule has 9 heteroatoms. The fourth-order valence-electron chi connectivity index (χ4n) is 4.16. The standard InChI is InChI=1S/C30H22F3NO5/c1-17-7-12-24(18(2)13-17)34-26(35)16-37-21-10-11-23-25(15-21)39-29(30(31,32)33)28(27(23)36)38-22-9-8-19-5-3-4-6-20(19)14-22/h3-15H,16H2,1-2H3,(H,34,35). The number of benzene rings is 4. The molecular weight excluding hydrogens is 511 g/mol. The van der Waals surface area contributed by atoms with E-state index in [-0.39, 0.29) is 22.5 Å². The van der Waals surface area contributed by atoms with Gasteiger partial charge in [-0.3, -0.25) is 9.59 Å². The van der Waals surface area contributed by atoms with Crippen LogP contribution in [0.5, 0.6) is 17.2 Å². The molecule has 0 radical (unpaired) electrons. The number of fused-ring (bicyclic) bond motifs is 2. The Morgan fingerprint density at radius 3 is 2.38 bits per heavy atom. The summed E-state index contributed by atoms with van der Waals surface area (Å²) in [7, 11) is 0. The largest absolute Gasteiger partial charge is 0.484 e. The summed E-state index contributed by atoms with van der Waals surface area (Å²) < 4.78 is 57.9. The summed E-state index contributed by atoms with van der Waals surface area (Å²) in [5.41, 5.74) is 1.19. The van der Waals surface area contributed by atoms with Gasteiger partial charge in [-0.05, 0) is 60.5 Å². The Morgan fingerprint density at radius 2 is 1.64 bits per heavy atom. The van der Waals surface area contributed by atoms with Crippen molar-refractivity contribution in [3.8, 4) is 17.2 Å². The first kappa shape index (κ1) is 25.8. The van der Waals surface area contributed by atoms with Gasteiger partial charge in [-0.1, -0.05) is 48.0 Å². The first-order chi connectivity index (χ1) is 18.6. The number of hydrogen-bond acceptors (Lipinski definition) is 5. The van der Waals surface area contributed by atoms with Crippen molar-refractivity contribution in [2.75, 3.05) is 11.9 Å². The molecule has 0 spiro atoms. The lowest BCUT2D eigenvalue weighted by molar-refractivity contribution is -0.154. The van der Waals surface area contributed by atoms with Crippen LogP contribution < -0.4 is 20.2 Å². The third kappa shape index (κ3) is 5.57. The van der Waals surface area contributed by atoms with Crippen LogP contribution in [0.4, 0.5) is 18.9 Å². The maximum Gasteiger partial charge on any atom is 0.453 e. The van der Waals surface area contributed by atoms with Crippen LogP contribution in [0.2, 0.25) is 0 Å². The molecule has 0 aliphatic rings. The van der Waals surface area contributed by atoms with E-state index in [1.165, 1.54) is 18.2 Å². The number of hydrogen-bond donors (Lipinski definition) is 1. The van der Waals surface area contributed by atoms with Gasteiger partial charge in [-0.2, -0.15) is 13.2 Å². The minimum absolute atomic E-state index is 0.0535. The maximum absolute atomic E-state index is 13.9. The van der Waals surface area contributed by atoms with Gasteiger partial charge in [0.2, 0.25) is 11.2 Å². The third-order valence-electron chi connectivity index (χ3n) is 6.05. The van der Waals surface area contributed by atoms with Gasteiger partial charge in [0.1, 0.15) is 17.1 Å². The Morgan fingerprint density at radius 1 is 0.897 bits per heavy atom. The molecule has 0 atom stereocenters.